The number of hydrogen-bond donors (Lipinski definition) is 2. The molecule has 0 fully saturated rings. The van der Waals surface area contributed by atoms with Gasteiger partial charge in [-0.25, -0.2) is 27.7 Å². The van der Waals surface area contributed by atoms with E-state index in [1.54, 1.807) is 24.3 Å². The molecule has 6 aromatic carbocycles. The standard InChI is InChI=1S/C20H21FN2O.2C19H19FN2O.I3.I2.HI/c1-22-18-9-10-19-15(13-18)14-24-20(19,11-4-12-23(2)3)16-5-7-17(21)8-6-16;2*1-21-11-3-10-19(15-4-6-16(20)7-5-15)18-9-8-17(22-2)12-14(18)13-23-19;1-3-2;1-2;/h5-10,13H,4,11-12,14H2,2-3H3;2*4-9,12,21H,3,10-11,13H2,1H3;;;1H/q;;;-1;;/t20-;19-;;;;/m11..../s1. The van der Waals surface area contributed by atoms with Crippen molar-refractivity contribution in [1.29, 1.82) is 0 Å². The molecule has 3 aliphatic rings. The van der Waals surface area contributed by atoms with E-state index in [4.69, 9.17) is 33.9 Å². The van der Waals surface area contributed by atoms with Crippen LogP contribution in [0.5, 0.6) is 0 Å². The van der Waals surface area contributed by atoms with Gasteiger partial charge in [0.2, 0.25) is 0 Å². The van der Waals surface area contributed by atoms with Crippen LogP contribution in [0.1, 0.15) is 88.6 Å². The summed E-state index contributed by atoms with van der Waals surface area (Å²) < 4.78 is 58.7. The fourth-order valence-corrected chi connectivity index (χ4v) is 9.93. The van der Waals surface area contributed by atoms with Gasteiger partial charge in [0, 0.05) is 37.2 Å². The molecule has 3 heterocycles. The molecule has 76 heavy (non-hydrogen) atoms. The second-order valence-electron chi connectivity index (χ2n) is 18.1. The van der Waals surface area contributed by atoms with Crippen LogP contribution in [0, 0.1) is 37.2 Å². The van der Waals surface area contributed by atoms with Gasteiger partial charge in [-0.3, -0.25) is 0 Å². The predicted molar refractivity (Wildman–Crippen MR) is 340 cm³/mol. The van der Waals surface area contributed by atoms with Crippen LogP contribution in [0.15, 0.2) is 127 Å². The molecular weight excluding hydrogens is 1650 g/mol. The summed E-state index contributed by atoms with van der Waals surface area (Å²) in [6, 6.07) is 36.8. The Morgan fingerprint density at radius 3 is 1.04 bits per heavy atom. The first-order valence-corrected chi connectivity index (χ1v) is 42.9. The summed E-state index contributed by atoms with van der Waals surface area (Å²) in [6.45, 7) is 25.7. The van der Waals surface area contributed by atoms with Crippen molar-refractivity contribution in [2.75, 3.05) is 47.8 Å². The Kier molecular flexibility index (Phi) is 29.2. The molecule has 0 saturated carbocycles. The zero-order valence-corrected chi connectivity index (χ0v) is 55.7. The van der Waals surface area contributed by atoms with Crippen LogP contribution in [0.3, 0.4) is 0 Å². The SMILES string of the molecule is I.II.I[I-]I.[C-]#[N+]c1ccc2c(c1)COC2(CCCNC)c1ccc(F)cc1.[C-]#[N+]c1ccc2c(c1)CO[C@]2(CCCN(C)C)c1ccc(F)cc1.[C-]#[N+]c1ccc2c(c1)CO[C@]2(CCCNC)c1ccc(F)cc1. The van der Waals surface area contributed by atoms with E-state index in [1.165, 1.54) is 36.4 Å². The maximum absolute atomic E-state index is 13.4. The third-order valence-corrected chi connectivity index (χ3v) is 13.4. The Balaban J connectivity index is 0.000000235. The molecule has 0 aliphatic carbocycles. The first-order chi connectivity index (χ1) is 36.3. The Morgan fingerprint density at radius 2 is 0.789 bits per heavy atom. The number of hydrogen-bond acceptors (Lipinski definition) is 6. The summed E-state index contributed by atoms with van der Waals surface area (Å²) in [7, 11) is 7.96. The van der Waals surface area contributed by atoms with E-state index < -0.39 is 16.8 Å². The molecule has 0 saturated heterocycles. The molecule has 3 aliphatic heterocycles. The zero-order chi connectivity index (χ0) is 54.4. The van der Waals surface area contributed by atoms with E-state index >= 15 is 0 Å². The summed E-state index contributed by atoms with van der Waals surface area (Å²) in [5.74, 6) is -0.745. The van der Waals surface area contributed by atoms with Crippen LogP contribution in [-0.2, 0) is 50.8 Å². The third-order valence-electron chi connectivity index (χ3n) is 13.4. The van der Waals surface area contributed by atoms with Gasteiger partial charge in [-0.15, -0.1) is 24.0 Å². The van der Waals surface area contributed by atoms with Crippen LogP contribution in [-0.4, -0.2) is 52.7 Å². The normalized spacial score (nSPS) is 18.2. The molecule has 0 spiro atoms. The van der Waals surface area contributed by atoms with Gasteiger partial charge >= 0.3 is 50.5 Å². The minimum atomic E-state index is -0.556. The molecule has 2 N–H and O–H groups in total. The minimum absolute atomic E-state index is 0. The van der Waals surface area contributed by atoms with E-state index in [1.807, 2.05) is 80.8 Å². The Labute approximate surface area is 517 Å². The van der Waals surface area contributed by atoms with E-state index in [2.05, 4.69) is 119 Å². The Bertz CT molecular complexity index is 2780. The molecule has 0 bridgehead atoms. The second-order valence-corrected chi connectivity index (χ2v) is 34.3. The van der Waals surface area contributed by atoms with Crippen molar-refractivity contribution in [3.05, 3.63) is 229 Å². The number of fused-ring (bicyclic) bond motifs is 3. The van der Waals surface area contributed by atoms with Crippen LogP contribution >= 0.6 is 98.4 Å². The topological polar surface area (TPSA) is 68.1 Å². The Hall–Kier alpha value is -2.28. The summed E-state index contributed by atoms with van der Waals surface area (Å²) in [5, 5.41) is 6.31. The monoisotopic (exact) mass is 1710 g/mol. The summed E-state index contributed by atoms with van der Waals surface area (Å²) in [5.41, 5.74) is 9.53. The molecule has 1 unspecified atom stereocenters. The van der Waals surface area contributed by atoms with E-state index in [0.717, 1.165) is 108 Å². The molecule has 0 aromatic heterocycles. The molecule has 9 nitrogen and oxygen atoms in total. The van der Waals surface area contributed by atoms with Gasteiger partial charge in [0.1, 0.15) is 34.3 Å². The molecule has 3 atom stereocenters. The smallest absolute Gasteiger partial charge is 0.187 e. The van der Waals surface area contributed by atoms with Crippen molar-refractivity contribution >= 4 is 116 Å². The molecule has 0 amide bonds. The van der Waals surface area contributed by atoms with Gasteiger partial charge < -0.3 is 29.7 Å². The van der Waals surface area contributed by atoms with Crippen molar-refractivity contribution in [2.45, 2.75) is 75.1 Å². The number of benzene rings is 6. The minimum Gasteiger partial charge on any atom is -0.361 e. The van der Waals surface area contributed by atoms with Crippen molar-refractivity contribution in [2.24, 2.45) is 0 Å². The number of halogens is 9. The average molecular weight is 1710 g/mol. The van der Waals surface area contributed by atoms with Crippen LogP contribution in [0.25, 0.3) is 14.5 Å². The average Bonchev–Trinajstić information content (AvgIpc) is 4.13. The van der Waals surface area contributed by atoms with E-state index in [-0.39, 0.29) is 41.4 Å². The number of rotatable bonds is 15. The van der Waals surface area contributed by atoms with E-state index in [9.17, 15) is 13.2 Å². The van der Waals surface area contributed by atoms with Gasteiger partial charge in [0.05, 0.1) is 39.5 Å². The summed E-state index contributed by atoms with van der Waals surface area (Å²) in [4.78, 5) is 12.6. The zero-order valence-electron chi connectivity index (χ0n) is 42.6. The van der Waals surface area contributed by atoms with Gasteiger partial charge in [-0.1, -0.05) is 91.0 Å². The van der Waals surface area contributed by atoms with Gasteiger partial charge in [-0.2, -0.15) is 0 Å². The van der Waals surface area contributed by atoms with Gasteiger partial charge in [0.25, 0.3) is 0 Å². The third kappa shape index (κ3) is 16.9. The first-order valence-electron chi connectivity index (χ1n) is 24.0. The largest absolute Gasteiger partial charge is 0.361 e. The Morgan fingerprint density at radius 1 is 0.513 bits per heavy atom. The molecule has 404 valence electrons. The van der Waals surface area contributed by atoms with Crippen molar-refractivity contribution in [3.63, 3.8) is 0 Å². The number of nitrogens with one attached hydrogen (secondary N) is 2. The van der Waals surface area contributed by atoms with Crippen molar-refractivity contribution in [3.8, 4) is 0 Å². The van der Waals surface area contributed by atoms with Crippen molar-refractivity contribution < 1.29 is 40.6 Å². The molecule has 6 aromatic rings. The molecule has 18 heteroatoms. The molecular formula is C58H60F3I6N6O3-. The molecule has 0 radical (unpaired) electrons. The van der Waals surface area contributed by atoms with E-state index in [0.29, 0.717) is 50.1 Å². The number of ether oxygens (including phenoxy) is 3. The summed E-state index contributed by atoms with van der Waals surface area (Å²) >= 11 is 9.54. The first kappa shape index (κ1) is 66.2. The molecule has 9 rings (SSSR count). The van der Waals surface area contributed by atoms with Crippen LogP contribution in [0.2, 0.25) is 0 Å². The fourth-order valence-electron chi connectivity index (χ4n) is 9.93. The fraction of sp³-hybridized carbons (Fsp3) is 0.328. The second kappa shape index (κ2) is 33.5. The number of nitrogens with zero attached hydrogens (tertiary/aromatic N) is 4. The van der Waals surface area contributed by atoms with Gasteiger partial charge in [-0.05, 0) is 173 Å². The van der Waals surface area contributed by atoms with Gasteiger partial charge in [0.15, 0.2) is 17.1 Å². The van der Waals surface area contributed by atoms with Crippen LogP contribution < -0.4 is 23.9 Å². The maximum atomic E-state index is 13.4. The predicted octanol–water partition coefficient (Wildman–Crippen LogP) is 14.0. The van der Waals surface area contributed by atoms with Crippen molar-refractivity contribution in [1.82, 2.24) is 15.5 Å². The maximum Gasteiger partial charge on any atom is 0.187 e. The van der Waals surface area contributed by atoms with Crippen LogP contribution in [0.4, 0.5) is 30.2 Å². The quantitative estimate of drug-likeness (QED) is 0.0607. The summed E-state index contributed by atoms with van der Waals surface area (Å²) in [6.07, 6.45) is 5.29.